The molecule has 0 N–H and O–H groups in total. The third-order valence-electron chi connectivity index (χ3n) is 13.3. The molecule has 0 aromatic rings. The predicted molar refractivity (Wildman–Crippen MR) is 333 cm³/mol. The van der Waals surface area contributed by atoms with E-state index in [4.69, 9.17) is 44.2 Å². The predicted octanol–water partition coefficient (Wildman–Crippen LogP) is 12.1. The average Bonchev–Trinajstić information content (AvgIpc) is 3.32. The zero-order valence-corrected chi connectivity index (χ0v) is 57.2. The molecule has 0 bridgehead atoms. The minimum absolute atomic E-state index is 0. The Morgan fingerprint density at radius 3 is 0.671 bits per heavy atom. The Morgan fingerprint density at radius 1 is 0.342 bits per heavy atom. The van der Waals surface area contributed by atoms with Gasteiger partial charge in [-0.3, -0.25) is 59.0 Å². The molecule has 0 aromatic carbocycles. The molecule has 16 heteroatoms. The van der Waals surface area contributed by atoms with Crippen molar-refractivity contribution in [1.29, 1.82) is 0 Å². The topological polar surface area (TPSA) is 163 Å². The molecule has 0 aliphatic rings. The Bertz CT molecular complexity index is 1550. The van der Waals surface area contributed by atoms with Crippen molar-refractivity contribution >= 4 is 52.2 Å². The number of aliphatic imine (C=N–C) groups is 6. The Morgan fingerprint density at radius 2 is 0.519 bits per heavy atom. The summed E-state index contributed by atoms with van der Waals surface area (Å²) in [7, 11) is 0. The molecular formula is C63H119N9O6Y. The number of esters is 3. The zero-order chi connectivity index (χ0) is 59.1. The van der Waals surface area contributed by atoms with Crippen molar-refractivity contribution in [3.63, 3.8) is 0 Å². The molecule has 0 saturated carbocycles. The summed E-state index contributed by atoms with van der Waals surface area (Å²) in [5.41, 5.74) is 5.83. The van der Waals surface area contributed by atoms with Gasteiger partial charge in [-0.1, -0.05) is 90.0 Å². The Labute approximate surface area is 509 Å². The molecular weight excluding hydrogens is 1070 g/mol. The summed E-state index contributed by atoms with van der Waals surface area (Å²) in [6.07, 6.45) is 6.66. The third kappa shape index (κ3) is 46.6. The molecule has 0 heterocycles. The van der Waals surface area contributed by atoms with Gasteiger partial charge in [-0.2, -0.15) is 0 Å². The van der Waals surface area contributed by atoms with Gasteiger partial charge in [-0.15, -0.1) is 0 Å². The molecule has 0 rings (SSSR count). The molecule has 455 valence electrons. The van der Waals surface area contributed by atoms with Crippen LogP contribution in [0.25, 0.3) is 0 Å². The average molecular weight is 1190 g/mol. The van der Waals surface area contributed by atoms with E-state index in [2.05, 4.69) is 139 Å². The van der Waals surface area contributed by atoms with Crippen LogP contribution in [0.4, 0.5) is 0 Å². The van der Waals surface area contributed by atoms with Crippen LogP contribution in [0.5, 0.6) is 0 Å². The fourth-order valence-corrected chi connectivity index (χ4v) is 9.33. The Balaban J connectivity index is 0. The van der Waals surface area contributed by atoms with E-state index in [1.165, 1.54) is 0 Å². The van der Waals surface area contributed by atoms with E-state index in [-0.39, 0.29) is 89.7 Å². The van der Waals surface area contributed by atoms with Gasteiger partial charge in [-0.25, -0.2) is 0 Å². The van der Waals surface area contributed by atoms with Gasteiger partial charge in [0, 0.05) is 126 Å². The number of ether oxygens (including phenoxy) is 3. The number of rotatable bonds is 46. The van der Waals surface area contributed by atoms with Crippen molar-refractivity contribution in [3.05, 3.63) is 0 Å². The number of carbonyl (C=O) groups is 3. The first-order valence-electron chi connectivity index (χ1n) is 30.4. The van der Waals surface area contributed by atoms with E-state index in [9.17, 15) is 14.4 Å². The first-order chi connectivity index (χ1) is 36.7. The van der Waals surface area contributed by atoms with Crippen LogP contribution in [-0.2, 0) is 61.3 Å². The van der Waals surface area contributed by atoms with Gasteiger partial charge in [0.05, 0.1) is 63.9 Å². The molecule has 1 radical (unpaired) electrons. The van der Waals surface area contributed by atoms with Crippen molar-refractivity contribution < 1.29 is 61.3 Å². The van der Waals surface area contributed by atoms with Crippen LogP contribution in [0.2, 0.25) is 0 Å². The van der Waals surface area contributed by atoms with Crippen LogP contribution in [0.1, 0.15) is 196 Å². The van der Waals surface area contributed by atoms with E-state index in [0.29, 0.717) is 140 Å². The van der Waals surface area contributed by atoms with Gasteiger partial charge in [0.15, 0.2) is 0 Å². The number of hydrogen-bond donors (Lipinski definition) is 0. The van der Waals surface area contributed by atoms with Crippen molar-refractivity contribution in [2.75, 3.05) is 118 Å². The van der Waals surface area contributed by atoms with Crippen LogP contribution in [0, 0.1) is 40.9 Å². The molecule has 0 aliphatic carbocycles. The first-order valence-corrected chi connectivity index (χ1v) is 30.4. The summed E-state index contributed by atoms with van der Waals surface area (Å²) in [4.78, 5) is 76.8. The monoisotopic (exact) mass is 1190 g/mol. The second-order valence-electron chi connectivity index (χ2n) is 24.9. The maximum Gasteiger partial charge on any atom is 0.307 e. The van der Waals surface area contributed by atoms with Crippen molar-refractivity contribution in [1.82, 2.24) is 14.7 Å². The van der Waals surface area contributed by atoms with E-state index in [1.807, 2.05) is 6.92 Å². The summed E-state index contributed by atoms with van der Waals surface area (Å²) in [5, 5.41) is 0. The molecule has 0 unspecified atom stereocenters. The van der Waals surface area contributed by atoms with Crippen LogP contribution in [-0.4, -0.2) is 185 Å². The van der Waals surface area contributed by atoms with Gasteiger partial charge in [0.1, 0.15) is 19.8 Å². The van der Waals surface area contributed by atoms with E-state index >= 15 is 0 Å². The molecule has 0 fully saturated rings. The first kappa shape index (κ1) is 78.5. The largest absolute Gasteiger partial charge is 0.465 e. The fourth-order valence-electron chi connectivity index (χ4n) is 9.33. The van der Waals surface area contributed by atoms with Gasteiger partial charge < -0.3 is 14.2 Å². The van der Waals surface area contributed by atoms with Crippen molar-refractivity contribution in [3.8, 4) is 0 Å². The molecule has 0 saturated heterocycles. The zero-order valence-electron chi connectivity index (χ0n) is 54.3. The third-order valence-corrected chi connectivity index (χ3v) is 13.3. The number of nitrogens with zero attached hydrogens (tertiary/aromatic N) is 9. The van der Waals surface area contributed by atoms with Gasteiger partial charge >= 0.3 is 17.9 Å². The van der Waals surface area contributed by atoms with Crippen LogP contribution in [0.15, 0.2) is 30.0 Å². The van der Waals surface area contributed by atoms with Crippen LogP contribution >= 0.6 is 0 Å². The standard InChI is InChI=1S/C63H119N9O6.Y/c1-20-63(45-76-60(73)21-30-70(33-24-64-54(14)39-48(2)3)34-25-65-55(15)40-49(4)5,46-77-61(74)22-31-71(35-26-66-56(16)41-50(6)7)36-27-67-57(17)42-51(8)9)47-78-62(75)23-32-72(37-28-68-58(18)43-52(10)11)38-29-69-59(19)44-53(12)13;/h48-53H,20-47H2,1-19H3;. The fraction of sp³-hybridized carbons (Fsp3) is 0.857. The minimum atomic E-state index is -0.956. The maximum atomic E-state index is 13.7. The number of hydrogen-bond acceptors (Lipinski definition) is 15. The van der Waals surface area contributed by atoms with Gasteiger partial charge in [0.2, 0.25) is 0 Å². The maximum absolute atomic E-state index is 13.7. The molecule has 0 aliphatic heterocycles. The summed E-state index contributed by atoms with van der Waals surface area (Å²) >= 11 is 0. The van der Waals surface area contributed by atoms with E-state index in [1.54, 1.807) is 0 Å². The van der Waals surface area contributed by atoms with Crippen LogP contribution < -0.4 is 0 Å². The molecule has 0 atom stereocenters. The molecule has 79 heavy (non-hydrogen) atoms. The Kier molecular flexibility index (Phi) is 46.5. The SMILES string of the molecule is CCC(COC(=O)CCN(CCN=C(C)CC(C)C)CCN=C(C)CC(C)C)(COC(=O)CCN(CCN=C(C)CC(C)C)CCN=C(C)CC(C)C)COC(=O)CCN(CCN=C(C)CC(C)C)CCN=C(C)CC(C)C.[Y]. The van der Waals surface area contributed by atoms with Crippen LogP contribution in [0.3, 0.4) is 0 Å². The molecule has 0 spiro atoms. The molecule has 0 amide bonds. The van der Waals surface area contributed by atoms with Gasteiger partial charge in [-0.05, 0) is 122 Å². The molecule has 15 nitrogen and oxygen atoms in total. The van der Waals surface area contributed by atoms with Crippen molar-refractivity contribution in [2.24, 2.45) is 70.9 Å². The van der Waals surface area contributed by atoms with Gasteiger partial charge in [0.25, 0.3) is 0 Å². The Hall–Kier alpha value is -2.59. The smallest absolute Gasteiger partial charge is 0.307 e. The second kappa shape index (κ2) is 46.8. The van der Waals surface area contributed by atoms with Crippen molar-refractivity contribution in [2.45, 2.75) is 196 Å². The summed E-state index contributed by atoms with van der Waals surface area (Å²) in [5.74, 6) is 2.11. The second-order valence-corrected chi connectivity index (χ2v) is 24.9. The summed E-state index contributed by atoms with van der Waals surface area (Å²) in [6, 6.07) is 0. The summed E-state index contributed by atoms with van der Waals surface area (Å²) in [6.45, 7) is 50.1. The summed E-state index contributed by atoms with van der Waals surface area (Å²) < 4.78 is 18.2. The number of carbonyl (C=O) groups excluding carboxylic acids is 3. The van der Waals surface area contributed by atoms with E-state index < -0.39 is 5.41 Å². The molecule has 0 aromatic heterocycles. The van der Waals surface area contributed by atoms with E-state index in [0.717, 1.165) is 72.8 Å². The minimum Gasteiger partial charge on any atom is -0.465 e. The normalized spacial score (nSPS) is 14.3. The quantitative estimate of drug-likeness (QED) is 0.0328.